The van der Waals surface area contributed by atoms with E-state index in [1.165, 1.54) is 0 Å². The highest BCUT2D eigenvalue weighted by Gasteiger charge is 2.40. The summed E-state index contributed by atoms with van der Waals surface area (Å²) in [6.45, 7) is 4.59. The molecular weight excluding hydrogens is 467 g/mol. The number of aliphatic hydroxyl groups excluding tert-OH is 1. The third kappa shape index (κ3) is 4.70. The van der Waals surface area contributed by atoms with Gasteiger partial charge in [-0.05, 0) is 36.5 Å². The quantitative estimate of drug-likeness (QED) is 0.334. The first-order chi connectivity index (χ1) is 16.1. The minimum atomic E-state index is -4.60. The van der Waals surface area contributed by atoms with Crippen LogP contribution in [0.15, 0.2) is 59.6 Å². The monoisotopic (exact) mass is 491 g/mol. The molecule has 0 bridgehead atoms. The molecule has 2 heterocycles. The average Bonchev–Trinajstić information content (AvgIpc) is 3.39. The molecule has 0 saturated heterocycles. The molecule has 0 aliphatic carbocycles. The third-order valence-electron chi connectivity index (χ3n) is 5.96. The minimum Gasteiger partial charge on any atom is -0.493 e. The fraction of sp³-hybridized carbons (Fsp3) is 0.333. The van der Waals surface area contributed by atoms with Gasteiger partial charge in [-0.15, -0.1) is 0 Å². The van der Waals surface area contributed by atoms with Crippen molar-refractivity contribution in [2.45, 2.75) is 51.5 Å². The van der Waals surface area contributed by atoms with Gasteiger partial charge in [-0.1, -0.05) is 73.5 Å². The van der Waals surface area contributed by atoms with Gasteiger partial charge in [0.15, 0.2) is 11.0 Å². The first kappa shape index (κ1) is 23.9. The van der Waals surface area contributed by atoms with Crippen LogP contribution in [0.4, 0.5) is 13.2 Å². The highest BCUT2D eigenvalue weighted by Crippen LogP contribution is 2.36. The van der Waals surface area contributed by atoms with E-state index < -0.39 is 17.7 Å². The SMILES string of the molecule is CCCCC1(C)NC(O)=C(Cl)N1Cc1ccc(-c2ccccc2-c2n[nH]c(C(F)(F)F)n2)cc1. The summed E-state index contributed by atoms with van der Waals surface area (Å²) in [7, 11) is 0. The lowest BCUT2D eigenvalue weighted by atomic mass is 9.98. The van der Waals surface area contributed by atoms with E-state index >= 15 is 0 Å². The first-order valence-corrected chi connectivity index (χ1v) is 11.3. The fourth-order valence-corrected chi connectivity index (χ4v) is 4.39. The molecule has 0 amide bonds. The molecule has 1 aliphatic rings. The molecule has 3 aromatic rings. The number of hydrogen-bond donors (Lipinski definition) is 3. The van der Waals surface area contributed by atoms with Gasteiger partial charge in [0.05, 0.1) is 0 Å². The Morgan fingerprint density at radius 1 is 1.09 bits per heavy atom. The van der Waals surface area contributed by atoms with E-state index in [0.717, 1.165) is 30.4 Å². The highest BCUT2D eigenvalue weighted by atomic mass is 35.5. The number of unbranched alkanes of at least 4 members (excludes halogenated alkanes) is 1. The molecule has 34 heavy (non-hydrogen) atoms. The van der Waals surface area contributed by atoms with Crippen molar-refractivity contribution in [3.05, 3.63) is 71.0 Å². The number of aromatic nitrogens is 3. The Kier molecular flexibility index (Phi) is 6.49. The normalized spacial score (nSPS) is 18.5. The van der Waals surface area contributed by atoms with Gasteiger partial charge >= 0.3 is 6.18 Å². The highest BCUT2D eigenvalue weighted by molar-refractivity contribution is 6.29. The van der Waals surface area contributed by atoms with Crippen LogP contribution in [0.2, 0.25) is 0 Å². The summed E-state index contributed by atoms with van der Waals surface area (Å²) in [5.41, 5.74) is 2.50. The van der Waals surface area contributed by atoms with Crippen molar-refractivity contribution < 1.29 is 18.3 Å². The summed E-state index contributed by atoms with van der Waals surface area (Å²) in [5, 5.41) is 19.3. The molecule has 10 heteroatoms. The fourth-order valence-electron chi connectivity index (χ4n) is 4.09. The second-order valence-electron chi connectivity index (χ2n) is 8.48. The molecule has 0 fully saturated rings. The molecule has 0 saturated carbocycles. The van der Waals surface area contributed by atoms with Gasteiger partial charge in [-0.3, -0.25) is 5.10 Å². The van der Waals surface area contributed by atoms with Gasteiger partial charge in [-0.2, -0.15) is 18.3 Å². The molecule has 1 aromatic heterocycles. The lowest BCUT2D eigenvalue weighted by Gasteiger charge is -2.37. The van der Waals surface area contributed by atoms with Crippen LogP contribution in [0.5, 0.6) is 0 Å². The molecule has 1 unspecified atom stereocenters. The van der Waals surface area contributed by atoms with Gasteiger partial charge in [-0.25, -0.2) is 4.98 Å². The average molecular weight is 492 g/mol. The zero-order chi connectivity index (χ0) is 24.5. The van der Waals surface area contributed by atoms with Gasteiger partial charge in [0.2, 0.25) is 11.7 Å². The minimum absolute atomic E-state index is 0.0192. The topological polar surface area (TPSA) is 77.1 Å². The number of benzene rings is 2. The summed E-state index contributed by atoms with van der Waals surface area (Å²) in [6.07, 6.45) is -1.79. The molecule has 0 spiro atoms. The van der Waals surface area contributed by atoms with Crippen LogP contribution in [-0.4, -0.2) is 30.9 Å². The zero-order valence-corrected chi connectivity index (χ0v) is 19.5. The molecule has 2 aromatic carbocycles. The van der Waals surface area contributed by atoms with E-state index in [4.69, 9.17) is 11.6 Å². The number of H-pyrrole nitrogens is 1. The van der Waals surface area contributed by atoms with Gasteiger partial charge in [0, 0.05) is 12.1 Å². The van der Waals surface area contributed by atoms with E-state index in [9.17, 15) is 18.3 Å². The number of aromatic amines is 1. The standard InChI is InChI=1S/C24H25ClF3N5O/c1-3-4-13-23(2)30-21(34)19(25)33(23)14-15-9-11-16(12-10-15)17-7-5-6-8-18(17)20-29-22(32-31-20)24(26,27)28/h5-12,30,34H,3-4,13-14H2,1-2H3,(H,29,31,32). The van der Waals surface area contributed by atoms with Crippen molar-refractivity contribution in [2.24, 2.45) is 0 Å². The van der Waals surface area contributed by atoms with E-state index in [-0.39, 0.29) is 16.9 Å². The predicted molar refractivity (Wildman–Crippen MR) is 124 cm³/mol. The number of halogens is 4. The predicted octanol–water partition coefficient (Wildman–Crippen LogP) is 6.39. The van der Waals surface area contributed by atoms with Crippen LogP contribution in [0, 0.1) is 0 Å². The maximum absolute atomic E-state index is 13.0. The first-order valence-electron chi connectivity index (χ1n) is 11.0. The third-order valence-corrected chi connectivity index (χ3v) is 6.34. The van der Waals surface area contributed by atoms with Crippen molar-refractivity contribution in [1.82, 2.24) is 25.4 Å². The maximum atomic E-state index is 13.0. The van der Waals surface area contributed by atoms with Crippen LogP contribution in [0.1, 0.15) is 44.5 Å². The lowest BCUT2D eigenvalue weighted by molar-refractivity contribution is -0.144. The van der Waals surface area contributed by atoms with E-state index in [1.807, 2.05) is 53.3 Å². The van der Waals surface area contributed by atoms with Crippen molar-refractivity contribution in [1.29, 1.82) is 0 Å². The van der Waals surface area contributed by atoms with Crippen LogP contribution < -0.4 is 5.32 Å². The summed E-state index contributed by atoms with van der Waals surface area (Å²) in [5.74, 6) is -1.18. The largest absolute Gasteiger partial charge is 0.493 e. The van der Waals surface area contributed by atoms with Gasteiger partial charge in [0.1, 0.15) is 5.66 Å². The molecule has 0 radical (unpaired) electrons. The zero-order valence-electron chi connectivity index (χ0n) is 18.7. The molecule has 4 rings (SSSR count). The number of nitrogens with zero attached hydrogens (tertiary/aromatic N) is 3. The van der Waals surface area contributed by atoms with Crippen LogP contribution >= 0.6 is 11.6 Å². The van der Waals surface area contributed by atoms with E-state index in [1.54, 1.807) is 12.1 Å². The number of nitrogens with one attached hydrogen (secondary N) is 2. The molecule has 180 valence electrons. The molecule has 1 aliphatic heterocycles. The Bertz CT molecular complexity index is 1190. The van der Waals surface area contributed by atoms with Crippen molar-refractivity contribution >= 4 is 11.6 Å². The van der Waals surface area contributed by atoms with Crippen molar-refractivity contribution in [2.75, 3.05) is 0 Å². The number of hydrogen-bond acceptors (Lipinski definition) is 5. The van der Waals surface area contributed by atoms with Crippen molar-refractivity contribution in [3.63, 3.8) is 0 Å². The van der Waals surface area contributed by atoms with Crippen molar-refractivity contribution in [3.8, 4) is 22.5 Å². The molecule has 1 atom stereocenters. The molecular formula is C24H25ClF3N5O. The Labute approximate surface area is 200 Å². The second kappa shape index (κ2) is 9.21. The summed E-state index contributed by atoms with van der Waals surface area (Å²) >= 11 is 6.39. The Morgan fingerprint density at radius 3 is 2.38 bits per heavy atom. The van der Waals surface area contributed by atoms with Crippen LogP contribution in [-0.2, 0) is 12.7 Å². The second-order valence-corrected chi connectivity index (χ2v) is 8.83. The molecule has 3 N–H and O–H groups in total. The summed E-state index contributed by atoms with van der Waals surface area (Å²) < 4.78 is 38.9. The molecule has 6 nitrogen and oxygen atoms in total. The van der Waals surface area contributed by atoms with E-state index in [2.05, 4.69) is 22.3 Å². The van der Waals surface area contributed by atoms with Crippen LogP contribution in [0.25, 0.3) is 22.5 Å². The Balaban J connectivity index is 1.59. The van der Waals surface area contributed by atoms with Crippen LogP contribution in [0.3, 0.4) is 0 Å². The summed E-state index contributed by atoms with van der Waals surface area (Å²) in [4.78, 5) is 5.57. The number of alkyl halides is 3. The lowest BCUT2D eigenvalue weighted by Crippen LogP contribution is -2.49. The number of rotatable bonds is 7. The van der Waals surface area contributed by atoms with Gasteiger partial charge < -0.3 is 15.3 Å². The van der Waals surface area contributed by atoms with Gasteiger partial charge in [0.25, 0.3) is 0 Å². The Hall–Kier alpha value is -3.20. The maximum Gasteiger partial charge on any atom is 0.451 e. The van der Waals surface area contributed by atoms with E-state index in [0.29, 0.717) is 17.7 Å². The summed E-state index contributed by atoms with van der Waals surface area (Å²) in [6, 6.07) is 14.7. The number of aliphatic hydroxyl groups is 1. The smallest absolute Gasteiger partial charge is 0.451 e. The Morgan fingerprint density at radius 2 is 1.76 bits per heavy atom.